The summed E-state index contributed by atoms with van der Waals surface area (Å²) in [7, 11) is 0. The van der Waals surface area contributed by atoms with Crippen molar-refractivity contribution in [2.24, 2.45) is 0 Å². The monoisotopic (exact) mass is 267 g/mol. The Hall–Kier alpha value is -1.61. The van der Waals surface area contributed by atoms with Gasteiger partial charge in [-0.05, 0) is 36.2 Å². The molecule has 4 heteroatoms. The molecule has 94 valence electrons. The predicted molar refractivity (Wildman–Crippen MR) is 69.9 cm³/mol. The van der Waals surface area contributed by atoms with E-state index in [1.165, 1.54) is 12.1 Å². The van der Waals surface area contributed by atoms with E-state index >= 15 is 0 Å². The Labute approximate surface area is 109 Å². The smallest absolute Gasteiger partial charge is 0.181 e. The van der Waals surface area contributed by atoms with Crippen molar-refractivity contribution in [3.63, 3.8) is 0 Å². The molecule has 2 aromatic carbocycles. The fraction of sp³-hybridized carbons (Fsp3) is 0.143. The van der Waals surface area contributed by atoms with Gasteiger partial charge in [0.25, 0.3) is 0 Å². The van der Waals surface area contributed by atoms with Crippen LogP contribution in [0.1, 0.15) is 11.1 Å². The summed E-state index contributed by atoms with van der Waals surface area (Å²) >= 11 is 6.06. The highest BCUT2D eigenvalue weighted by Gasteiger charge is 2.07. The molecule has 1 N–H and O–H groups in total. The first-order valence-corrected chi connectivity index (χ1v) is 5.88. The minimum Gasteiger partial charge on any atom is -0.378 e. The topological polar surface area (TPSA) is 12.0 Å². The van der Waals surface area contributed by atoms with Crippen molar-refractivity contribution < 1.29 is 8.78 Å². The molecular weight excluding hydrogens is 256 g/mol. The lowest BCUT2D eigenvalue weighted by Gasteiger charge is -2.09. The maximum absolute atomic E-state index is 13.4. The number of anilines is 1. The third kappa shape index (κ3) is 2.79. The number of halogens is 3. The van der Waals surface area contributed by atoms with E-state index in [9.17, 15) is 8.78 Å². The van der Waals surface area contributed by atoms with E-state index in [0.29, 0.717) is 11.6 Å². The second-order valence-corrected chi connectivity index (χ2v) is 4.46. The van der Waals surface area contributed by atoms with Crippen molar-refractivity contribution in [3.05, 3.63) is 64.2 Å². The van der Waals surface area contributed by atoms with Gasteiger partial charge in [-0.3, -0.25) is 0 Å². The summed E-state index contributed by atoms with van der Waals surface area (Å²) in [6, 6.07) is 9.64. The molecule has 0 aliphatic heterocycles. The van der Waals surface area contributed by atoms with Gasteiger partial charge < -0.3 is 5.32 Å². The molecule has 0 atom stereocenters. The largest absolute Gasteiger partial charge is 0.378 e. The van der Waals surface area contributed by atoms with Crippen LogP contribution in [0.2, 0.25) is 5.02 Å². The highest BCUT2D eigenvalue weighted by Crippen LogP contribution is 2.21. The first kappa shape index (κ1) is 12.8. The van der Waals surface area contributed by atoms with E-state index in [4.69, 9.17) is 11.6 Å². The molecule has 0 radical (unpaired) electrons. The summed E-state index contributed by atoms with van der Waals surface area (Å²) in [5.41, 5.74) is 2.03. The van der Waals surface area contributed by atoms with Gasteiger partial charge in [0.15, 0.2) is 11.6 Å². The van der Waals surface area contributed by atoms with E-state index in [1.807, 2.05) is 25.1 Å². The highest BCUT2D eigenvalue weighted by atomic mass is 35.5. The second kappa shape index (κ2) is 5.36. The van der Waals surface area contributed by atoms with Gasteiger partial charge in [-0.25, -0.2) is 8.78 Å². The minimum atomic E-state index is -0.874. The normalized spacial score (nSPS) is 10.4. The Morgan fingerprint density at radius 1 is 1.17 bits per heavy atom. The third-order valence-electron chi connectivity index (χ3n) is 2.63. The predicted octanol–water partition coefficient (Wildman–Crippen LogP) is 4.54. The molecule has 0 heterocycles. The Morgan fingerprint density at radius 2 is 1.94 bits per heavy atom. The van der Waals surface area contributed by atoms with E-state index < -0.39 is 11.6 Å². The van der Waals surface area contributed by atoms with Gasteiger partial charge in [-0.2, -0.15) is 0 Å². The molecule has 0 aliphatic carbocycles. The fourth-order valence-corrected chi connectivity index (χ4v) is 1.93. The van der Waals surface area contributed by atoms with E-state index in [1.54, 1.807) is 0 Å². The molecule has 0 saturated heterocycles. The second-order valence-electron chi connectivity index (χ2n) is 4.05. The van der Waals surface area contributed by atoms with Gasteiger partial charge in [0.1, 0.15) is 0 Å². The molecule has 0 fully saturated rings. The minimum absolute atomic E-state index is 0.131. The zero-order valence-electron chi connectivity index (χ0n) is 9.81. The standard InChI is InChI=1S/C14H12ClF2N/c1-9-5-6-10(11(15)7-9)8-18-13-4-2-3-12(16)14(13)17/h2-7,18H,8H2,1H3. The summed E-state index contributed by atoms with van der Waals surface area (Å²) in [4.78, 5) is 0. The summed E-state index contributed by atoms with van der Waals surface area (Å²) in [5.74, 6) is -1.74. The molecule has 0 saturated carbocycles. The van der Waals surface area contributed by atoms with Crippen LogP contribution in [0.15, 0.2) is 36.4 Å². The fourth-order valence-electron chi connectivity index (χ4n) is 1.63. The van der Waals surface area contributed by atoms with Crippen LogP contribution in [0, 0.1) is 18.6 Å². The van der Waals surface area contributed by atoms with Crippen LogP contribution in [0.4, 0.5) is 14.5 Å². The number of benzene rings is 2. The van der Waals surface area contributed by atoms with Crippen LogP contribution in [-0.4, -0.2) is 0 Å². The van der Waals surface area contributed by atoms with Crippen LogP contribution < -0.4 is 5.32 Å². The molecule has 18 heavy (non-hydrogen) atoms. The summed E-state index contributed by atoms with van der Waals surface area (Å²) in [5, 5.41) is 3.44. The van der Waals surface area contributed by atoms with Crippen LogP contribution in [0.3, 0.4) is 0 Å². The first-order chi connectivity index (χ1) is 8.58. The Bertz CT molecular complexity index is 570. The highest BCUT2D eigenvalue weighted by molar-refractivity contribution is 6.31. The molecule has 2 rings (SSSR count). The molecule has 0 unspecified atom stereocenters. The molecule has 0 aliphatic rings. The lowest BCUT2D eigenvalue weighted by Crippen LogP contribution is -2.03. The summed E-state index contributed by atoms with van der Waals surface area (Å²) < 4.78 is 26.4. The lowest BCUT2D eigenvalue weighted by molar-refractivity contribution is 0.511. The SMILES string of the molecule is Cc1ccc(CNc2cccc(F)c2F)c(Cl)c1. The molecule has 1 nitrogen and oxygen atoms in total. The van der Waals surface area contributed by atoms with Crippen molar-refractivity contribution in [2.75, 3.05) is 5.32 Å². The molecule has 0 amide bonds. The van der Waals surface area contributed by atoms with Crippen molar-refractivity contribution in [1.82, 2.24) is 0 Å². The molecule has 0 aromatic heterocycles. The van der Waals surface area contributed by atoms with Crippen LogP contribution >= 0.6 is 11.6 Å². The lowest BCUT2D eigenvalue weighted by atomic mass is 10.1. The number of rotatable bonds is 3. The van der Waals surface area contributed by atoms with E-state index in [2.05, 4.69) is 5.32 Å². The van der Waals surface area contributed by atoms with Crippen molar-refractivity contribution in [2.45, 2.75) is 13.5 Å². The number of hydrogen-bond donors (Lipinski definition) is 1. The van der Waals surface area contributed by atoms with Crippen molar-refractivity contribution in [3.8, 4) is 0 Å². The average Bonchev–Trinajstić information content (AvgIpc) is 2.33. The van der Waals surface area contributed by atoms with Crippen LogP contribution in [0.25, 0.3) is 0 Å². The summed E-state index contributed by atoms with van der Waals surface area (Å²) in [6.07, 6.45) is 0. The van der Waals surface area contributed by atoms with Gasteiger partial charge in [0.2, 0.25) is 0 Å². The van der Waals surface area contributed by atoms with Gasteiger partial charge in [0, 0.05) is 11.6 Å². The zero-order valence-corrected chi connectivity index (χ0v) is 10.6. The third-order valence-corrected chi connectivity index (χ3v) is 2.98. The average molecular weight is 268 g/mol. The maximum atomic E-state index is 13.4. The van der Waals surface area contributed by atoms with E-state index in [-0.39, 0.29) is 5.69 Å². The first-order valence-electron chi connectivity index (χ1n) is 5.51. The van der Waals surface area contributed by atoms with Gasteiger partial charge >= 0.3 is 0 Å². The molecule has 0 spiro atoms. The van der Waals surface area contributed by atoms with E-state index in [0.717, 1.165) is 17.2 Å². The number of nitrogens with one attached hydrogen (secondary N) is 1. The molecular formula is C14H12ClF2N. The quantitative estimate of drug-likeness (QED) is 0.861. The van der Waals surface area contributed by atoms with Gasteiger partial charge in [-0.15, -0.1) is 0 Å². The maximum Gasteiger partial charge on any atom is 0.181 e. The Kier molecular flexibility index (Phi) is 3.82. The van der Waals surface area contributed by atoms with Crippen LogP contribution in [-0.2, 0) is 6.54 Å². The Morgan fingerprint density at radius 3 is 2.67 bits per heavy atom. The molecule has 2 aromatic rings. The van der Waals surface area contributed by atoms with Crippen LogP contribution in [0.5, 0.6) is 0 Å². The van der Waals surface area contributed by atoms with Crippen molar-refractivity contribution in [1.29, 1.82) is 0 Å². The van der Waals surface area contributed by atoms with Gasteiger partial charge in [-0.1, -0.05) is 29.8 Å². The number of hydrogen-bond acceptors (Lipinski definition) is 1. The molecule has 0 bridgehead atoms. The Balaban J connectivity index is 2.14. The van der Waals surface area contributed by atoms with Gasteiger partial charge in [0.05, 0.1) is 5.69 Å². The number of aryl methyl sites for hydroxylation is 1. The van der Waals surface area contributed by atoms with Crippen molar-refractivity contribution >= 4 is 17.3 Å². The summed E-state index contributed by atoms with van der Waals surface area (Å²) in [6.45, 7) is 2.29. The zero-order chi connectivity index (χ0) is 13.1.